The summed E-state index contributed by atoms with van der Waals surface area (Å²) in [7, 11) is 1.51. The van der Waals surface area contributed by atoms with Gasteiger partial charge in [-0.25, -0.2) is 9.87 Å². The number of ether oxygens (including phenoxy) is 1. The number of benzene rings is 2. The van der Waals surface area contributed by atoms with Crippen molar-refractivity contribution < 1.29 is 19.1 Å². The SMILES string of the molecule is CO[C@H](CC(=O)NO)[C@H](Cc1ccc(Cl)cc1)c1ccc(F)cc1.[KH]. The average molecular weight is 392 g/mol. The van der Waals surface area contributed by atoms with Gasteiger partial charge in [-0.2, -0.15) is 0 Å². The molecule has 7 heteroatoms. The van der Waals surface area contributed by atoms with Gasteiger partial charge in [0.05, 0.1) is 12.5 Å². The molecule has 0 aliphatic heterocycles. The van der Waals surface area contributed by atoms with Crippen molar-refractivity contribution in [1.82, 2.24) is 5.48 Å². The molecule has 0 heterocycles. The molecule has 1 amide bonds. The number of halogens is 2. The molecule has 0 saturated heterocycles. The third-order valence-corrected chi connectivity index (χ3v) is 4.18. The predicted octanol–water partition coefficient (Wildman–Crippen LogP) is 3.07. The first-order chi connectivity index (χ1) is 11.5. The predicted molar refractivity (Wildman–Crippen MR) is 96.8 cm³/mol. The normalized spacial score (nSPS) is 12.8. The second-order valence-corrected chi connectivity index (χ2v) is 5.94. The van der Waals surface area contributed by atoms with E-state index in [0.29, 0.717) is 11.4 Å². The van der Waals surface area contributed by atoms with Crippen LogP contribution in [0.3, 0.4) is 0 Å². The van der Waals surface area contributed by atoms with Gasteiger partial charge in [-0.15, -0.1) is 0 Å². The molecule has 2 N–H and O–H groups in total. The van der Waals surface area contributed by atoms with E-state index in [4.69, 9.17) is 21.5 Å². The van der Waals surface area contributed by atoms with Crippen molar-refractivity contribution in [2.45, 2.75) is 24.9 Å². The molecule has 0 spiro atoms. The van der Waals surface area contributed by atoms with Crippen molar-refractivity contribution in [3.8, 4) is 0 Å². The zero-order chi connectivity index (χ0) is 17.5. The van der Waals surface area contributed by atoms with Crippen molar-refractivity contribution >= 4 is 68.9 Å². The van der Waals surface area contributed by atoms with Crippen LogP contribution >= 0.6 is 11.6 Å². The van der Waals surface area contributed by atoms with Crippen molar-refractivity contribution in [3.05, 3.63) is 70.5 Å². The first kappa shape index (κ1) is 22.7. The van der Waals surface area contributed by atoms with Crippen LogP contribution in [0.25, 0.3) is 0 Å². The van der Waals surface area contributed by atoms with Gasteiger partial charge in [-0.05, 0) is 41.8 Å². The Morgan fingerprint density at radius 3 is 2.32 bits per heavy atom. The summed E-state index contributed by atoms with van der Waals surface area (Å²) in [5.74, 6) is -1.05. The molecule has 0 fully saturated rings. The van der Waals surface area contributed by atoms with Gasteiger partial charge < -0.3 is 4.74 Å². The Morgan fingerprint density at radius 2 is 1.80 bits per heavy atom. The number of hydrogen-bond acceptors (Lipinski definition) is 3. The fourth-order valence-electron chi connectivity index (χ4n) is 2.67. The number of amides is 1. The Kier molecular flexibility index (Phi) is 10.4. The third kappa shape index (κ3) is 7.07. The van der Waals surface area contributed by atoms with Gasteiger partial charge in [-0.3, -0.25) is 10.0 Å². The molecule has 0 aliphatic carbocycles. The van der Waals surface area contributed by atoms with Crippen LogP contribution in [0.1, 0.15) is 23.5 Å². The summed E-state index contributed by atoms with van der Waals surface area (Å²) >= 11 is 5.91. The second kappa shape index (κ2) is 11.4. The van der Waals surface area contributed by atoms with E-state index < -0.39 is 12.0 Å². The number of hydroxylamine groups is 1. The zero-order valence-corrected chi connectivity index (χ0v) is 14.0. The minimum atomic E-state index is -0.537. The molecule has 2 rings (SSSR count). The van der Waals surface area contributed by atoms with Crippen LogP contribution in [-0.2, 0) is 16.0 Å². The zero-order valence-electron chi connectivity index (χ0n) is 13.2. The van der Waals surface area contributed by atoms with Crippen molar-refractivity contribution in [2.24, 2.45) is 0 Å². The summed E-state index contributed by atoms with van der Waals surface area (Å²) in [6.45, 7) is 0. The maximum atomic E-state index is 13.2. The van der Waals surface area contributed by atoms with E-state index in [9.17, 15) is 9.18 Å². The van der Waals surface area contributed by atoms with Crippen LogP contribution in [0.5, 0.6) is 0 Å². The molecule has 0 saturated carbocycles. The van der Waals surface area contributed by atoms with Crippen molar-refractivity contribution in [2.75, 3.05) is 7.11 Å². The monoisotopic (exact) mass is 391 g/mol. The van der Waals surface area contributed by atoms with Crippen LogP contribution in [0.15, 0.2) is 48.5 Å². The number of hydrogen-bond donors (Lipinski definition) is 2. The summed E-state index contributed by atoms with van der Waals surface area (Å²) in [4.78, 5) is 11.5. The fraction of sp³-hybridized carbons (Fsp3) is 0.278. The Balaban J connectivity index is 0.00000312. The van der Waals surface area contributed by atoms with E-state index in [-0.39, 0.29) is 69.5 Å². The molecule has 2 atom stereocenters. The van der Waals surface area contributed by atoms with E-state index in [1.807, 2.05) is 12.1 Å². The first-order valence-corrected chi connectivity index (χ1v) is 7.87. The molecule has 130 valence electrons. The van der Waals surface area contributed by atoms with Gasteiger partial charge >= 0.3 is 51.4 Å². The molecule has 2 aromatic rings. The van der Waals surface area contributed by atoms with Gasteiger partial charge in [0, 0.05) is 18.1 Å². The number of methoxy groups -OCH3 is 1. The van der Waals surface area contributed by atoms with Crippen molar-refractivity contribution in [1.29, 1.82) is 0 Å². The molecule has 0 bridgehead atoms. The van der Waals surface area contributed by atoms with Gasteiger partial charge in [0.25, 0.3) is 0 Å². The molecule has 25 heavy (non-hydrogen) atoms. The molecular formula is C18H20ClFKNO3. The Bertz CT molecular complexity index is 667. The summed E-state index contributed by atoms with van der Waals surface area (Å²) in [6.07, 6.45) is 0.0983. The average Bonchev–Trinajstić information content (AvgIpc) is 2.60. The van der Waals surface area contributed by atoms with Gasteiger partial charge in [0.2, 0.25) is 5.91 Å². The Hall–Kier alpha value is -0.314. The first-order valence-electron chi connectivity index (χ1n) is 7.49. The Morgan fingerprint density at radius 1 is 1.20 bits per heavy atom. The fourth-order valence-corrected chi connectivity index (χ4v) is 2.79. The summed E-state index contributed by atoms with van der Waals surface area (Å²) in [6, 6.07) is 13.5. The summed E-state index contributed by atoms with van der Waals surface area (Å²) in [5.41, 5.74) is 3.49. The van der Waals surface area contributed by atoms with Crippen molar-refractivity contribution in [3.63, 3.8) is 0 Å². The molecule has 0 unspecified atom stereocenters. The molecule has 0 aromatic heterocycles. The quantitative estimate of drug-likeness (QED) is 0.433. The van der Waals surface area contributed by atoms with Gasteiger partial charge in [0.15, 0.2) is 0 Å². The van der Waals surface area contributed by atoms with Gasteiger partial charge in [-0.1, -0.05) is 35.9 Å². The van der Waals surface area contributed by atoms with E-state index in [1.54, 1.807) is 29.7 Å². The topological polar surface area (TPSA) is 58.6 Å². The molecule has 0 radical (unpaired) electrons. The van der Waals surface area contributed by atoms with E-state index in [0.717, 1.165) is 11.1 Å². The van der Waals surface area contributed by atoms with Gasteiger partial charge in [0.1, 0.15) is 5.82 Å². The van der Waals surface area contributed by atoms with Crippen LogP contribution in [0.2, 0.25) is 5.02 Å². The molecule has 2 aromatic carbocycles. The molecule has 4 nitrogen and oxygen atoms in total. The van der Waals surface area contributed by atoms with E-state index in [2.05, 4.69) is 0 Å². The third-order valence-electron chi connectivity index (χ3n) is 3.93. The van der Waals surface area contributed by atoms with Crippen LogP contribution in [-0.4, -0.2) is 75.7 Å². The van der Waals surface area contributed by atoms with Crippen LogP contribution in [0.4, 0.5) is 4.39 Å². The number of rotatable bonds is 7. The number of carbonyl (C=O) groups is 1. The number of carbonyl (C=O) groups excluding carboxylic acids is 1. The minimum absolute atomic E-state index is 0. The number of nitrogens with one attached hydrogen (secondary N) is 1. The van der Waals surface area contributed by atoms with E-state index >= 15 is 0 Å². The van der Waals surface area contributed by atoms with Crippen LogP contribution in [0, 0.1) is 5.82 Å². The summed E-state index contributed by atoms with van der Waals surface area (Å²) in [5, 5.41) is 9.41. The molecular weight excluding hydrogens is 372 g/mol. The maximum absolute atomic E-state index is 13.2. The standard InChI is InChI=1S/C18H19ClFNO3.K.H/c1-24-17(11-18(22)21-23)16(13-4-8-15(20)9-5-13)10-12-2-6-14(19)7-3-12;;/h2-9,16-17,23H,10-11H2,1H3,(H,21,22);;/t16-,17-;;/m1../s1. The summed E-state index contributed by atoms with van der Waals surface area (Å²) < 4.78 is 18.7. The van der Waals surface area contributed by atoms with Crippen LogP contribution < -0.4 is 5.48 Å². The Labute approximate surface area is 194 Å². The van der Waals surface area contributed by atoms with E-state index in [1.165, 1.54) is 19.2 Å². The molecule has 0 aliphatic rings. The second-order valence-electron chi connectivity index (χ2n) is 5.50.